The zero-order chi connectivity index (χ0) is 19.7. The molecule has 2 aliphatic rings. The summed E-state index contributed by atoms with van der Waals surface area (Å²) >= 11 is 1.42. The number of aryl methyl sites for hydroxylation is 2. The molecule has 2 heterocycles. The Morgan fingerprint density at radius 2 is 1.82 bits per heavy atom. The van der Waals surface area contributed by atoms with E-state index in [-0.39, 0.29) is 28.7 Å². The molecule has 2 aromatic rings. The second kappa shape index (κ2) is 7.72. The van der Waals surface area contributed by atoms with Crippen molar-refractivity contribution in [2.45, 2.75) is 31.1 Å². The summed E-state index contributed by atoms with van der Waals surface area (Å²) in [7, 11) is -3.06. The highest BCUT2D eigenvalue weighted by Gasteiger charge is 2.49. The van der Waals surface area contributed by atoms with Gasteiger partial charge in [0.1, 0.15) is 0 Å². The number of fused-ring (bicyclic) bond motifs is 1. The smallest absolute Gasteiger partial charge is 0.248 e. The number of carbonyl (C=O) groups is 1. The molecule has 2 aromatic carbocycles. The fourth-order valence-electron chi connectivity index (χ4n) is 3.74. The van der Waals surface area contributed by atoms with Crippen LogP contribution in [-0.2, 0) is 21.1 Å². The Labute approximate surface area is 169 Å². The maximum absolute atomic E-state index is 12.5. The predicted molar refractivity (Wildman–Crippen MR) is 115 cm³/mol. The van der Waals surface area contributed by atoms with E-state index in [1.54, 1.807) is 0 Å². The Morgan fingerprint density at radius 1 is 1.11 bits per heavy atom. The first kappa shape index (κ1) is 19.2. The van der Waals surface area contributed by atoms with Crippen LogP contribution in [0.4, 0.5) is 5.69 Å². The monoisotopic (exact) mass is 414 g/mol. The van der Waals surface area contributed by atoms with Gasteiger partial charge in [-0.25, -0.2) is 8.42 Å². The number of hydrogen-bond donors (Lipinski definition) is 0. The fourth-order valence-corrected chi connectivity index (χ4v) is 7.66. The third-order valence-corrected chi connectivity index (χ3v) is 8.34. The van der Waals surface area contributed by atoms with Gasteiger partial charge in [0.2, 0.25) is 5.91 Å². The number of rotatable bonds is 4. The molecule has 0 unspecified atom stereocenters. The molecule has 4 rings (SSSR count). The molecule has 0 spiro atoms. The Bertz CT molecular complexity index is 1020. The van der Waals surface area contributed by atoms with E-state index in [0.717, 1.165) is 16.8 Å². The first-order valence-electron chi connectivity index (χ1n) is 9.30. The van der Waals surface area contributed by atoms with Crippen molar-refractivity contribution in [1.82, 2.24) is 0 Å². The van der Waals surface area contributed by atoms with E-state index in [1.807, 2.05) is 66.4 Å². The van der Waals surface area contributed by atoms with Crippen molar-refractivity contribution in [3.63, 3.8) is 0 Å². The summed E-state index contributed by atoms with van der Waals surface area (Å²) < 4.78 is 24.3. The summed E-state index contributed by atoms with van der Waals surface area (Å²) in [6.45, 7) is 1.99. The molecule has 2 saturated heterocycles. The van der Waals surface area contributed by atoms with Crippen molar-refractivity contribution in [3.8, 4) is 0 Å². The topological polar surface area (TPSA) is 66.8 Å². The van der Waals surface area contributed by atoms with Crippen molar-refractivity contribution in [2.75, 3.05) is 16.4 Å². The number of carbonyl (C=O) groups excluding carboxylic acids is 1. The maximum atomic E-state index is 12.5. The standard InChI is InChI=1S/C21H22N2O3S2/c1-15-7-5-6-10-17(15)23-18-13-28(25,26)14-19(18)27-21(23)22-20(24)12-11-16-8-3-2-4-9-16/h2-10,18-19H,11-14H2,1H3/t18-,19-/m1/s1. The summed E-state index contributed by atoms with van der Waals surface area (Å²) in [5.74, 6) is 0.0748. The fraction of sp³-hybridized carbons (Fsp3) is 0.333. The molecular formula is C21H22N2O3S2. The molecule has 1 amide bonds. The van der Waals surface area contributed by atoms with Gasteiger partial charge in [0.15, 0.2) is 15.0 Å². The van der Waals surface area contributed by atoms with Gasteiger partial charge in [-0.2, -0.15) is 4.99 Å². The highest BCUT2D eigenvalue weighted by molar-refractivity contribution is 8.16. The molecule has 2 aliphatic heterocycles. The van der Waals surface area contributed by atoms with Crippen molar-refractivity contribution in [1.29, 1.82) is 0 Å². The van der Waals surface area contributed by atoms with Gasteiger partial charge in [0.05, 0.1) is 17.5 Å². The summed E-state index contributed by atoms with van der Waals surface area (Å²) in [5.41, 5.74) is 3.07. The number of nitrogens with zero attached hydrogens (tertiary/aromatic N) is 2. The van der Waals surface area contributed by atoms with Crippen LogP contribution in [0.2, 0.25) is 0 Å². The molecule has 0 aliphatic carbocycles. The average Bonchev–Trinajstić information content (AvgIpc) is 3.12. The molecule has 28 heavy (non-hydrogen) atoms. The molecule has 0 aromatic heterocycles. The number of hydrogen-bond acceptors (Lipinski definition) is 4. The number of para-hydroxylation sites is 1. The Balaban J connectivity index is 1.59. The van der Waals surface area contributed by atoms with E-state index >= 15 is 0 Å². The minimum Gasteiger partial charge on any atom is -0.315 e. The number of benzene rings is 2. The zero-order valence-electron chi connectivity index (χ0n) is 15.6. The quantitative estimate of drug-likeness (QED) is 0.768. The zero-order valence-corrected chi connectivity index (χ0v) is 17.2. The highest BCUT2D eigenvalue weighted by atomic mass is 32.2. The molecular weight excluding hydrogens is 392 g/mol. The molecule has 7 heteroatoms. The van der Waals surface area contributed by atoms with E-state index in [1.165, 1.54) is 11.8 Å². The minimum atomic E-state index is -3.06. The van der Waals surface area contributed by atoms with Gasteiger partial charge in [0.25, 0.3) is 0 Å². The number of sulfone groups is 1. The number of anilines is 1. The van der Waals surface area contributed by atoms with Crippen LogP contribution in [0.15, 0.2) is 59.6 Å². The minimum absolute atomic E-state index is 0.0784. The number of amidine groups is 1. The predicted octanol–water partition coefficient (Wildman–Crippen LogP) is 3.23. The van der Waals surface area contributed by atoms with Crippen molar-refractivity contribution < 1.29 is 13.2 Å². The van der Waals surface area contributed by atoms with Gasteiger partial charge in [-0.1, -0.05) is 60.3 Å². The second-order valence-electron chi connectivity index (χ2n) is 7.23. The molecule has 2 fully saturated rings. The van der Waals surface area contributed by atoms with Gasteiger partial charge < -0.3 is 4.90 Å². The highest BCUT2D eigenvalue weighted by Crippen LogP contribution is 2.41. The van der Waals surface area contributed by atoms with Crippen molar-refractivity contribution in [3.05, 3.63) is 65.7 Å². The first-order chi connectivity index (χ1) is 13.4. The van der Waals surface area contributed by atoms with Gasteiger partial charge in [-0.3, -0.25) is 4.79 Å². The van der Waals surface area contributed by atoms with Crippen LogP contribution in [0.5, 0.6) is 0 Å². The van der Waals surface area contributed by atoms with Gasteiger partial charge in [-0.05, 0) is 30.5 Å². The number of thioether (sulfide) groups is 1. The van der Waals surface area contributed by atoms with Gasteiger partial charge in [-0.15, -0.1) is 0 Å². The van der Waals surface area contributed by atoms with Crippen LogP contribution in [0.25, 0.3) is 0 Å². The average molecular weight is 415 g/mol. The molecule has 0 bridgehead atoms. The van der Waals surface area contributed by atoms with Crippen molar-refractivity contribution in [2.24, 2.45) is 4.99 Å². The lowest BCUT2D eigenvalue weighted by Crippen LogP contribution is -2.38. The van der Waals surface area contributed by atoms with Crippen LogP contribution in [-0.4, -0.2) is 42.3 Å². The molecule has 5 nitrogen and oxygen atoms in total. The molecule has 0 radical (unpaired) electrons. The summed E-state index contributed by atoms with van der Waals surface area (Å²) in [5, 5.41) is 0.544. The largest absolute Gasteiger partial charge is 0.315 e. The molecule has 0 saturated carbocycles. The molecule has 146 valence electrons. The lowest BCUT2D eigenvalue weighted by atomic mass is 10.1. The Morgan fingerprint density at radius 3 is 2.57 bits per heavy atom. The van der Waals surface area contributed by atoms with E-state index < -0.39 is 9.84 Å². The lowest BCUT2D eigenvalue weighted by Gasteiger charge is -2.26. The van der Waals surface area contributed by atoms with E-state index in [4.69, 9.17) is 0 Å². The number of amides is 1. The number of aliphatic imine (C=N–C) groups is 1. The van der Waals surface area contributed by atoms with E-state index in [0.29, 0.717) is 18.0 Å². The van der Waals surface area contributed by atoms with Crippen molar-refractivity contribution >= 4 is 38.4 Å². The van der Waals surface area contributed by atoms with E-state index in [2.05, 4.69) is 4.99 Å². The summed E-state index contributed by atoms with van der Waals surface area (Å²) in [4.78, 5) is 18.9. The van der Waals surface area contributed by atoms with Gasteiger partial charge in [0, 0.05) is 17.4 Å². The van der Waals surface area contributed by atoms with Gasteiger partial charge >= 0.3 is 0 Å². The van der Waals surface area contributed by atoms with E-state index in [9.17, 15) is 13.2 Å². The molecule has 0 N–H and O–H groups in total. The van der Waals surface area contributed by atoms with Crippen LogP contribution < -0.4 is 4.90 Å². The SMILES string of the molecule is Cc1ccccc1N1C(=NC(=O)CCc2ccccc2)S[C@@H]2CS(=O)(=O)C[C@H]21. The third-order valence-electron chi connectivity index (χ3n) is 5.13. The van der Waals surface area contributed by atoms with Crippen LogP contribution in [0.3, 0.4) is 0 Å². The summed E-state index contributed by atoms with van der Waals surface area (Å²) in [6.07, 6.45) is 0.982. The first-order valence-corrected chi connectivity index (χ1v) is 12.0. The van der Waals surface area contributed by atoms with Crippen LogP contribution >= 0.6 is 11.8 Å². The van der Waals surface area contributed by atoms with Crippen LogP contribution in [0.1, 0.15) is 17.5 Å². The maximum Gasteiger partial charge on any atom is 0.248 e. The van der Waals surface area contributed by atoms with Crippen LogP contribution in [0, 0.1) is 6.92 Å². The Kier molecular flexibility index (Phi) is 5.29. The molecule has 2 atom stereocenters. The summed E-state index contributed by atoms with van der Waals surface area (Å²) in [6, 6.07) is 17.5. The normalized spacial score (nSPS) is 24.5. The third kappa shape index (κ3) is 4.00. The lowest BCUT2D eigenvalue weighted by molar-refractivity contribution is -0.117. The Hall–Kier alpha value is -2.12. The second-order valence-corrected chi connectivity index (χ2v) is 10.6.